The summed E-state index contributed by atoms with van der Waals surface area (Å²) in [6, 6.07) is 10.2. The van der Waals surface area contributed by atoms with Crippen molar-refractivity contribution in [3.05, 3.63) is 66.9 Å². The number of likely N-dealkylation sites (tertiary alicyclic amines) is 1. The van der Waals surface area contributed by atoms with Crippen LogP contribution in [0.15, 0.2) is 61.3 Å². The van der Waals surface area contributed by atoms with Crippen molar-refractivity contribution in [3.63, 3.8) is 0 Å². The molecule has 1 saturated heterocycles. The number of methoxy groups -OCH3 is 1. The Balaban J connectivity index is 1.49. The lowest BCUT2D eigenvalue weighted by Gasteiger charge is -2.38. The van der Waals surface area contributed by atoms with Gasteiger partial charge in [-0.25, -0.2) is 0 Å². The summed E-state index contributed by atoms with van der Waals surface area (Å²) in [5.41, 5.74) is 5.48. The topological polar surface area (TPSA) is 73.1 Å². The molecule has 150 valence electrons. The molecule has 0 spiro atoms. The van der Waals surface area contributed by atoms with Gasteiger partial charge in [-0.05, 0) is 17.2 Å². The van der Waals surface area contributed by atoms with E-state index in [0.29, 0.717) is 18.7 Å². The van der Waals surface area contributed by atoms with Gasteiger partial charge in [-0.15, -0.1) is 0 Å². The molecule has 0 unspecified atom stereocenters. The molecule has 30 heavy (non-hydrogen) atoms. The van der Waals surface area contributed by atoms with Crippen LogP contribution in [0.4, 0.5) is 0 Å². The standard InChI is InChI=1S/C23H21N5O2/c1-27-12-18(9-26-27)15-3-5-16(6-4-15)21-10-24-11-22-20(21)7-17(8-25-22)23(29)28-13-19(14-28)30-2/h3-12,19H,13-14H2,1-2H3. The third-order valence-electron chi connectivity index (χ3n) is 5.56. The molecule has 0 radical (unpaired) electrons. The number of aromatic nitrogens is 4. The number of hydrogen-bond acceptors (Lipinski definition) is 5. The van der Waals surface area contributed by atoms with Gasteiger partial charge < -0.3 is 9.64 Å². The molecule has 4 aromatic rings. The molecule has 1 aliphatic heterocycles. The molecule has 7 nitrogen and oxygen atoms in total. The molecule has 7 heteroatoms. The van der Waals surface area contributed by atoms with Crippen molar-refractivity contribution in [2.75, 3.05) is 20.2 Å². The maximum atomic E-state index is 12.8. The first-order valence-electron chi connectivity index (χ1n) is 9.77. The normalized spacial score (nSPS) is 14.1. The molecule has 3 aromatic heterocycles. The Morgan fingerprint density at radius 1 is 1.03 bits per heavy atom. The van der Waals surface area contributed by atoms with Gasteiger partial charge in [0.15, 0.2) is 0 Å². The number of rotatable bonds is 4. The van der Waals surface area contributed by atoms with Crippen LogP contribution < -0.4 is 0 Å². The summed E-state index contributed by atoms with van der Waals surface area (Å²) in [4.78, 5) is 23.4. The van der Waals surface area contributed by atoms with Crippen molar-refractivity contribution in [3.8, 4) is 22.3 Å². The minimum absolute atomic E-state index is 0.0209. The highest BCUT2D eigenvalue weighted by Gasteiger charge is 2.31. The molecule has 5 rings (SSSR count). The Hall–Kier alpha value is -3.58. The van der Waals surface area contributed by atoms with Crippen LogP contribution >= 0.6 is 0 Å². The number of aryl methyl sites for hydroxylation is 1. The van der Waals surface area contributed by atoms with Crippen LogP contribution in [0.25, 0.3) is 33.2 Å². The van der Waals surface area contributed by atoms with Crippen molar-refractivity contribution in [1.82, 2.24) is 24.6 Å². The van der Waals surface area contributed by atoms with Crippen LogP contribution in [0.2, 0.25) is 0 Å². The van der Waals surface area contributed by atoms with E-state index in [1.807, 2.05) is 31.7 Å². The Morgan fingerprint density at radius 2 is 1.80 bits per heavy atom. The summed E-state index contributed by atoms with van der Waals surface area (Å²) in [7, 11) is 3.57. The zero-order chi connectivity index (χ0) is 20.7. The average Bonchev–Trinajstić information content (AvgIpc) is 3.18. The predicted molar refractivity (Wildman–Crippen MR) is 114 cm³/mol. The minimum atomic E-state index is -0.0209. The minimum Gasteiger partial charge on any atom is -0.378 e. The van der Waals surface area contributed by atoms with E-state index in [0.717, 1.165) is 33.2 Å². The number of hydrogen-bond donors (Lipinski definition) is 0. The van der Waals surface area contributed by atoms with E-state index in [1.54, 1.807) is 29.1 Å². The predicted octanol–water partition coefficient (Wildman–Crippen LogP) is 3.17. The molecule has 1 amide bonds. The quantitative estimate of drug-likeness (QED) is 0.527. The lowest BCUT2D eigenvalue weighted by Crippen LogP contribution is -2.54. The Kier molecular flexibility index (Phi) is 4.52. The van der Waals surface area contributed by atoms with Gasteiger partial charge in [-0.2, -0.15) is 5.10 Å². The first-order valence-corrected chi connectivity index (χ1v) is 9.77. The molecular formula is C23H21N5O2. The number of pyridine rings is 2. The first kappa shape index (κ1) is 18.4. The van der Waals surface area contributed by atoms with E-state index < -0.39 is 0 Å². The third kappa shape index (κ3) is 3.23. The highest BCUT2D eigenvalue weighted by molar-refractivity contribution is 6.01. The molecule has 0 bridgehead atoms. The number of carbonyl (C=O) groups is 1. The van der Waals surface area contributed by atoms with Gasteiger partial charge in [-0.1, -0.05) is 24.3 Å². The second-order valence-electron chi connectivity index (χ2n) is 7.53. The van der Waals surface area contributed by atoms with Crippen molar-refractivity contribution in [2.24, 2.45) is 7.05 Å². The van der Waals surface area contributed by atoms with Gasteiger partial charge in [0, 0.05) is 62.4 Å². The molecule has 0 atom stereocenters. The average molecular weight is 399 g/mol. The molecule has 1 fully saturated rings. The largest absolute Gasteiger partial charge is 0.378 e. The van der Waals surface area contributed by atoms with Gasteiger partial charge in [0.05, 0.1) is 29.6 Å². The number of fused-ring (bicyclic) bond motifs is 1. The molecule has 0 aliphatic carbocycles. The highest BCUT2D eigenvalue weighted by Crippen LogP contribution is 2.30. The monoisotopic (exact) mass is 399 g/mol. The second kappa shape index (κ2) is 7.35. The summed E-state index contributed by atoms with van der Waals surface area (Å²) in [6.07, 6.45) is 9.13. The van der Waals surface area contributed by atoms with E-state index in [1.165, 1.54) is 0 Å². The van der Waals surface area contributed by atoms with Gasteiger partial charge in [0.25, 0.3) is 5.91 Å². The zero-order valence-electron chi connectivity index (χ0n) is 16.8. The van der Waals surface area contributed by atoms with Crippen molar-refractivity contribution < 1.29 is 9.53 Å². The van der Waals surface area contributed by atoms with Gasteiger partial charge >= 0.3 is 0 Å². The third-order valence-corrected chi connectivity index (χ3v) is 5.56. The maximum absolute atomic E-state index is 12.8. The van der Waals surface area contributed by atoms with E-state index in [2.05, 4.69) is 39.3 Å². The molecule has 4 heterocycles. The smallest absolute Gasteiger partial charge is 0.255 e. The highest BCUT2D eigenvalue weighted by atomic mass is 16.5. The number of nitrogens with zero attached hydrogens (tertiary/aromatic N) is 5. The van der Waals surface area contributed by atoms with Gasteiger partial charge in [-0.3, -0.25) is 19.4 Å². The van der Waals surface area contributed by atoms with Gasteiger partial charge in [0.1, 0.15) is 0 Å². The molecule has 0 saturated carbocycles. The lowest BCUT2D eigenvalue weighted by molar-refractivity contribution is -0.0192. The van der Waals surface area contributed by atoms with Crippen LogP contribution in [-0.4, -0.2) is 56.9 Å². The van der Waals surface area contributed by atoms with Crippen LogP contribution in [0, 0.1) is 0 Å². The lowest BCUT2D eigenvalue weighted by atomic mass is 9.99. The fourth-order valence-corrected chi connectivity index (χ4v) is 3.74. The molecule has 0 N–H and O–H groups in total. The second-order valence-corrected chi connectivity index (χ2v) is 7.53. The fourth-order valence-electron chi connectivity index (χ4n) is 3.74. The Morgan fingerprint density at radius 3 is 2.50 bits per heavy atom. The number of ether oxygens (including phenoxy) is 1. The number of amides is 1. The van der Waals surface area contributed by atoms with Gasteiger partial charge in [0.2, 0.25) is 0 Å². The Labute approximate surface area is 173 Å². The summed E-state index contributed by atoms with van der Waals surface area (Å²) in [6.45, 7) is 1.23. The zero-order valence-corrected chi connectivity index (χ0v) is 16.8. The Bertz CT molecular complexity index is 1230. The molecule has 1 aliphatic rings. The van der Waals surface area contributed by atoms with Crippen molar-refractivity contribution >= 4 is 16.8 Å². The number of benzene rings is 1. The van der Waals surface area contributed by atoms with Crippen LogP contribution in [0.3, 0.4) is 0 Å². The number of carbonyl (C=O) groups excluding carboxylic acids is 1. The van der Waals surface area contributed by atoms with Crippen molar-refractivity contribution in [1.29, 1.82) is 0 Å². The van der Waals surface area contributed by atoms with Crippen LogP contribution in [0.1, 0.15) is 10.4 Å². The summed E-state index contributed by atoms with van der Waals surface area (Å²) in [5, 5.41) is 5.14. The maximum Gasteiger partial charge on any atom is 0.255 e. The molecular weight excluding hydrogens is 378 g/mol. The molecule has 1 aromatic carbocycles. The van der Waals surface area contributed by atoms with Crippen molar-refractivity contribution in [2.45, 2.75) is 6.10 Å². The van der Waals surface area contributed by atoms with E-state index in [9.17, 15) is 4.79 Å². The van der Waals surface area contributed by atoms with Crippen LogP contribution in [-0.2, 0) is 11.8 Å². The summed E-state index contributed by atoms with van der Waals surface area (Å²) < 4.78 is 7.06. The van der Waals surface area contributed by atoms with E-state index in [4.69, 9.17) is 4.74 Å². The summed E-state index contributed by atoms with van der Waals surface area (Å²) in [5.74, 6) is -0.0209. The SMILES string of the molecule is COC1CN(C(=O)c2cnc3cncc(-c4ccc(-c5cnn(C)c5)cc4)c3c2)C1. The van der Waals surface area contributed by atoms with Crippen LogP contribution in [0.5, 0.6) is 0 Å². The van der Waals surface area contributed by atoms with E-state index in [-0.39, 0.29) is 12.0 Å². The fraction of sp³-hybridized carbons (Fsp3) is 0.217. The first-order chi connectivity index (χ1) is 14.6. The van der Waals surface area contributed by atoms with E-state index >= 15 is 0 Å². The summed E-state index contributed by atoms with van der Waals surface area (Å²) >= 11 is 0.